The van der Waals surface area contributed by atoms with E-state index in [0.717, 1.165) is 11.4 Å². The second-order valence-corrected chi connectivity index (χ2v) is 3.85. The topological polar surface area (TPSA) is 25.2 Å². The molecule has 16 heavy (non-hydrogen) atoms. The molecule has 0 saturated carbocycles. The molecule has 1 unspecified atom stereocenters. The van der Waals surface area contributed by atoms with Crippen LogP contribution in [0.4, 0.5) is 10.1 Å². The molecule has 0 radical (unpaired) electrons. The lowest BCUT2D eigenvalue weighted by Crippen LogP contribution is -2.05. The maximum atomic E-state index is 13.3. The van der Waals surface area contributed by atoms with E-state index in [4.69, 9.17) is 4.42 Å². The third-order valence-electron chi connectivity index (χ3n) is 2.52. The Balaban J connectivity index is 2.12. The van der Waals surface area contributed by atoms with Crippen molar-refractivity contribution in [1.29, 1.82) is 0 Å². The van der Waals surface area contributed by atoms with Gasteiger partial charge in [0.1, 0.15) is 11.6 Å². The monoisotopic (exact) mass is 219 g/mol. The molecule has 0 aliphatic rings. The van der Waals surface area contributed by atoms with E-state index in [1.165, 1.54) is 6.07 Å². The molecule has 2 aromatic rings. The summed E-state index contributed by atoms with van der Waals surface area (Å²) in [5.41, 5.74) is 1.41. The molecule has 1 heterocycles. The molecule has 2 rings (SSSR count). The highest BCUT2D eigenvalue weighted by Crippen LogP contribution is 2.21. The SMILES string of the molecule is Cc1ccc(NC(C)c2ccco2)cc1F. The van der Waals surface area contributed by atoms with Gasteiger partial charge in [0, 0.05) is 5.69 Å². The van der Waals surface area contributed by atoms with Crippen molar-refractivity contribution in [3.63, 3.8) is 0 Å². The van der Waals surface area contributed by atoms with E-state index in [1.54, 1.807) is 19.3 Å². The van der Waals surface area contributed by atoms with Gasteiger partial charge in [0.15, 0.2) is 0 Å². The van der Waals surface area contributed by atoms with Crippen LogP contribution in [0.25, 0.3) is 0 Å². The predicted molar refractivity (Wildman–Crippen MR) is 61.9 cm³/mol. The summed E-state index contributed by atoms with van der Waals surface area (Å²) < 4.78 is 18.6. The van der Waals surface area contributed by atoms with Gasteiger partial charge in [-0.3, -0.25) is 0 Å². The molecule has 1 N–H and O–H groups in total. The van der Waals surface area contributed by atoms with Gasteiger partial charge >= 0.3 is 0 Å². The zero-order chi connectivity index (χ0) is 11.5. The predicted octanol–water partition coefficient (Wildman–Crippen LogP) is 3.90. The Hall–Kier alpha value is -1.77. The summed E-state index contributed by atoms with van der Waals surface area (Å²) in [4.78, 5) is 0. The number of furan rings is 1. The molecule has 0 saturated heterocycles. The van der Waals surface area contributed by atoms with Gasteiger partial charge in [0.05, 0.1) is 12.3 Å². The molecule has 0 aliphatic carbocycles. The molecule has 3 heteroatoms. The zero-order valence-electron chi connectivity index (χ0n) is 9.33. The van der Waals surface area contributed by atoms with Gasteiger partial charge in [-0.2, -0.15) is 0 Å². The van der Waals surface area contributed by atoms with Gasteiger partial charge in [0.2, 0.25) is 0 Å². The first-order valence-electron chi connectivity index (χ1n) is 5.23. The van der Waals surface area contributed by atoms with Crippen LogP contribution < -0.4 is 5.32 Å². The minimum Gasteiger partial charge on any atom is -0.467 e. The summed E-state index contributed by atoms with van der Waals surface area (Å²) in [6.07, 6.45) is 1.63. The maximum absolute atomic E-state index is 13.3. The normalized spacial score (nSPS) is 12.4. The highest BCUT2D eigenvalue weighted by molar-refractivity contribution is 5.46. The number of halogens is 1. The minimum absolute atomic E-state index is 0.0251. The second kappa shape index (κ2) is 4.39. The van der Waals surface area contributed by atoms with Gasteiger partial charge in [-0.25, -0.2) is 4.39 Å². The summed E-state index contributed by atoms with van der Waals surface area (Å²) in [7, 11) is 0. The average molecular weight is 219 g/mol. The molecule has 1 aromatic carbocycles. The second-order valence-electron chi connectivity index (χ2n) is 3.85. The molecule has 1 atom stereocenters. The maximum Gasteiger partial charge on any atom is 0.128 e. The Bertz CT molecular complexity index is 465. The average Bonchev–Trinajstić information content (AvgIpc) is 2.77. The molecule has 0 aliphatic heterocycles. The molecule has 2 nitrogen and oxygen atoms in total. The Labute approximate surface area is 94.1 Å². The fourth-order valence-electron chi connectivity index (χ4n) is 1.54. The number of anilines is 1. The zero-order valence-corrected chi connectivity index (χ0v) is 9.33. The number of hydrogen-bond acceptors (Lipinski definition) is 2. The van der Waals surface area contributed by atoms with Crippen LogP contribution in [0.15, 0.2) is 41.0 Å². The number of benzene rings is 1. The molecule has 0 spiro atoms. The van der Waals surface area contributed by atoms with Crippen molar-refractivity contribution in [1.82, 2.24) is 0 Å². The smallest absolute Gasteiger partial charge is 0.128 e. The molecule has 1 aromatic heterocycles. The van der Waals surface area contributed by atoms with Crippen LogP contribution in [-0.2, 0) is 0 Å². The van der Waals surface area contributed by atoms with Crippen molar-refractivity contribution < 1.29 is 8.81 Å². The third-order valence-corrected chi connectivity index (χ3v) is 2.52. The van der Waals surface area contributed by atoms with E-state index in [-0.39, 0.29) is 11.9 Å². The third kappa shape index (κ3) is 2.24. The first kappa shape index (κ1) is 10.7. The van der Waals surface area contributed by atoms with Gasteiger partial charge in [-0.1, -0.05) is 6.07 Å². The van der Waals surface area contributed by atoms with Gasteiger partial charge in [-0.15, -0.1) is 0 Å². The fourth-order valence-corrected chi connectivity index (χ4v) is 1.54. The quantitative estimate of drug-likeness (QED) is 0.846. The van der Waals surface area contributed by atoms with Crippen LogP contribution in [0.2, 0.25) is 0 Å². The van der Waals surface area contributed by atoms with E-state index in [2.05, 4.69) is 5.32 Å². The molecule has 0 bridgehead atoms. The van der Waals surface area contributed by atoms with Crippen LogP contribution in [0.1, 0.15) is 24.3 Å². The lowest BCUT2D eigenvalue weighted by atomic mass is 10.2. The number of nitrogens with one attached hydrogen (secondary N) is 1. The molecule has 84 valence electrons. The highest BCUT2D eigenvalue weighted by atomic mass is 19.1. The van der Waals surface area contributed by atoms with Crippen molar-refractivity contribution in [3.8, 4) is 0 Å². The summed E-state index contributed by atoms with van der Waals surface area (Å²) in [6.45, 7) is 3.71. The first-order valence-corrected chi connectivity index (χ1v) is 5.23. The summed E-state index contributed by atoms with van der Waals surface area (Å²) in [6, 6.07) is 8.86. The number of hydrogen-bond donors (Lipinski definition) is 1. The van der Waals surface area contributed by atoms with Crippen molar-refractivity contribution in [2.24, 2.45) is 0 Å². The van der Waals surface area contributed by atoms with E-state index in [0.29, 0.717) is 5.56 Å². The lowest BCUT2D eigenvalue weighted by molar-refractivity contribution is 0.490. The van der Waals surface area contributed by atoms with E-state index >= 15 is 0 Å². The molecule has 0 fully saturated rings. The fraction of sp³-hybridized carbons (Fsp3) is 0.231. The Kier molecular flexibility index (Phi) is 2.95. The van der Waals surface area contributed by atoms with Crippen LogP contribution in [0.3, 0.4) is 0 Å². The lowest BCUT2D eigenvalue weighted by Gasteiger charge is -2.13. The summed E-state index contributed by atoms with van der Waals surface area (Å²) in [5.74, 6) is 0.637. The molecular formula is C13H14FNO. The van der Waals surface area contributed by atoms with Gasteiger partial charge in [0.25, 0.3) is 0 Å². The van der Waals surface area contributed by atoms with Crippen molar-refractivity contribution in [2.45, 2.75) is 19.9 Å². The van der Waals surface area contributed by atoms with Gasteiger partial charge < -0.3 is 9.73 Å². The van der Waals surface area contributed by atoms with Crippen LogP contribution in [-0.4, -0.2) is 0 Å². The Morgan fingerprint density at radius 2 is 2.12 bits per heavy atom. The Morgan fingerprint density at radius 1 is 1.31 bits per heavy atom. The van der Waals surface area contributed by atoms with Crippen LogP contribution in [0.5, 0.6) is 0 Å². The van der Waals surface area contributed by atoms with Crippen molar-refractivity contribution >= 4 is 5.69 Å². The standard InChI is InChI=1S/C13H14FNO/c1-9-5-6-11(8-12(9)14)15-10(2)13-4-3-7-16-13/h3-8,10,15H,1-2H3. The minimum atomic E-state index is -0.198. The first-order chi connectivity index (χ1) is 7.66. The highest BCUT2D eigenvalue weighted by Gasteiger charge is 2.08. The number of aryl methyl sites for hydroxylation is 1. The molecular weight excluding hydrogens is 205 g/mol. The largest absolute Gasteiger partial charge is 0.467 e. The molecule has 0 amide bonds. The van der Waals surface area contributed by atoms with Crippen LogP contribution >= 0.6 is 0 Å². The summed E-state index contributed by atoms with van der Waals surface area (Å²) >= 11 is 0. The van der Waals surface area contributed by atoms with Gasteiger partial charge in [-0.05, 0) is 43.7 Å². The Morgan fingerprint density at radius 3 is 2.75 bits per heavy atom. The van der Waals surface area contributed by atoms with Crippen LogP contribution in [0, 0.1) is 12.7 Å². The van der Waals surface area contributed by atoms with Crippen molar-refractivity contribution in [3.05, 3.63) is 53.7 Å². The number of rotatable bonds is 3. The van der Waals surface area contributed by atoms with E-state index < -0.39 is 0 Å². The summed E-state index contributed by atoms with van der Waals surface area (Å²) in [5, 5.41) is 3.18. The van der Waals surface area contributed by atoms with E-state index in [1.807, 2.05) is 25.1 Å². The van der Waals surface area contributed by atoms with Crippen molar-refractivity contribution in [2.75, 3.05) is 5.32 Å². The van der Waals surface area contributed by atoms with E-state index in [9.17, 15) is 4.39 Å².